The van der Waals surface area contributed by atoms with E-state index in [1.165, 1.54) is 5.56 Å². The quantitative estimate of drug-likeness (QED) is 0.892. The average molecular weight is 294 g/mol. The average Bonchev–Trinajstić information content (AvgIpc) is 2.99. The Balaban J connectivity index is 1.40. The highest BCUT2D eigenvalue weighted by Crippen LogP contribution is 2.28. The van der Waals surface area contributed by atoms with Crippen LogP contribution in [0.3, 0.4) is 0 Å². The summed E-state index contributed by atoms with van der Waals surface area (Å²) in [7, 11) is 0. The lowest BCUT2D eigenvalue weighted by molar-refractivity contribution is -0.127. The Morgan fingerprint density at radius 3 is 2.68 bits per heavy atom. The number of hydrogen-bond donors (Lipinski definition) is 2. The summed E-state index contributed by atoms with van der Waals surface area (Å²) >= 11 is 0. The minimum atomic E-state index is -0.408. The van der Waals surface area contributed by atoms with Crippen molar-refractivity contribution in [1.29, 1.82) is 0 Å². The van der Waals surface area contributed by atoms with Crippen molar-refractivity contribution in [2.24, 2.45) is 0 Å². The van der Waals surface area contributed by atoms with Crippen molar-refractivity contribution in [2.75, 3.05) is 11.9 Å². The Kier molecular flexibility index (Phi) is 3.22. The summed E-state index contributed by atoms with van der Waals surface area (Å²) in [5.74, 6) is 0.803. The van der Waals surface area contributed by atoms with Crippen molar-refractivity contribution >= 4 is 11.6 Å². The van der Waals surface area contributed by atoms with Crippen molar-refractivity contribution in [3.8, 4) is 5.75 Å². The van der Waals surface area contributed by atoms with Crippen LogP contribution in [0.25, 0.3) is 0 Å². The van der Waals surface area contributed by atoms with Crippen LogP contribution < -0.4 is 15.4 Å². The highest BCUT2D eigenvalue weighted by Gasteiger charge is 2.30. The first-order valence-corrected chi connectivity index (χ1v) is 7.66. The predicted octanol–water partition coefficient (Wildman–Crippen LogP) is 2.14. The molecule has 0 aliphatic carbocycles. The van der Waals surface area contributed by atoms with Crippen molar-refractivity contribution in [1.82, 2.24) is 5.32 Å². The Labute approximate surface area is 129 Å². The van der Waals surface area contributed by atoms with E-state index in [4.69, 9.17) is 4.74 Å². The second-order valence-electron chi connectivity index (χ2n) is 5.87. The fourth-order valence-electron chi connectivity index (χ4n) is 3.17. The molecule has 22 heavy (non-hydrogen) atoms. The monoisotopic (exact) mass is 294 g/mol. The molecule has 4 nitrogen and oxygen atoms in total. The van der Waals surface area contributed by atoms with Crippen molar-refractivity contribution in [3.63, 3.8) is 0 Å². The molecule has 112 valence electrons. The molecule has 0 radical (unpaired) electrons. The van der Waals surface area contributed by atoms with Gasteiger partial charge in [0.2, 0.25) is 0 Å². The minimum absolute atomic E-state index is 0.0256. The molecule has 0 saturated heterocycles. The van der Waals surface area contributed by atoms with Gasteiger partial charge in [-0.25, -0.2) is 0 Å². The summed E-state index contributed by atoms with van der Waals surface area (Å²) in [5, 5.41) is 6.48. The lowest BCUT2D eigenvalue weighted by Gasteiger charge is -2.27. The molecule has 2 atom stereocenters. The Morgan fingerprint density at radius 1 is 1.05 bits per heavy atom. The third kappa shape index (κ3) is 2.41. The second kappa shape index (κ2) is 5.37. The van der Waals surface area contributed by atoms with Gasteiger partial charge in [-0.3, -0.25) is 4.79 Å². The third-order valence-electron chi connectivity index (χ3n) is 4.31. The van der Waals surface area contributed by atoms with Crippen LogP contribution in [0.4, 0.5) is 5.69 Å². The summed E-state index contributed by atoms with van der Waals surface area (Å²) in [6, 6.07) is 16.2. The molecule has 0 fully saturated rings. The smallest absolute Gasteiger partial charge is 0.261 e. The maximum Gasteiger partial charge on any atom is 0.261 e. The number of para-hydroxylation sites is 2. The van der Waals surface area contributed by atoms with Crippen LogP contribution in [-0.2, 0) is 17.6 Å². The van der Waals surface area contributed by atoms with Crippen LogP contribution in [0.15, 0.2) is 48.5 Å². The zero-order valence-corrected chi connectivity index (χ0v) is 12.2. The first-order chi connectivity index (χ1) is 10.8. The Hall–Kier alpha value is -2.49. The van der Waals surface area contributed by atoms with E-state index >= 15 is 0 Å². The molecule has 0 saturated carbocycles. The number of anilines is 1. The molecule has 4 rings (SSSR count). The van der Waals surface area contributed by atoms with Gasteiger partial charge in [0.15, 0.2) is 6.10 Å². The van der Waals surface area contributed by atoms with Gasteiger partial charge in [-0.2, -0.15) is 0 Å². The van der Waals surface area contributed by atoms with Gasteiger partial charge in [0, 0.05) is 18.7 Å². The fraction of sp³-hybridized carbons (Fsp3) is 0.278. The molecule has 2 aliphatic rings. The van der Waals surface area contributed by atoms with Crippen LogP contribution >= 0.6 is 0 Å². The molecule has 0 spiro atoms. The topological polar surface area (TPSA) is 50.4 Å². The maximum atomic E-state index is 12.4. The van der Waals surface area contributed by atoms with Gasteiger partial charge >= 0.3 is 0 Å². The molecule has 2 N–H and O–H groups in total. The molecule has 2 aromatic rings. The number of rotatable bonds is 2. The minimum Gasteiger partial charge on any atom is -0.480 e. The van der Waals surface area contributed by atoms with E-state index in [1.807, 2.05) is 36.4 Å². The molecule has 4 heteroatoms. The first-order valence-electron chi connectivity index (χ1n) is 7.66. The molecule has 0 aromatic heterocycles. The third-order valence-corrected chi connectivity index (χ3v) is 4.31. The zero-order valence-electron chi connectivity index (χ0n) is 12.2. The van der Waals surface area contributed by atoms with Crippen LogP contribution in [0.1, 0.15) is 11.1 Å². The van der Waals surface area contributed by atoms with E-state index in [9.17, 15) is 4.79 Å². The molecule has 2 unspecified atom stereocenters. The molecule has 1 amide bonds. The Morgan fingerprint density at radius 2 is 1.82 bits per heavy atom. The van der Waals surface area contributed by atoms with E-state index in [0.29, 0.717) is 6.42 Å². The molecular formula is C18H18N2O2. The van der Waals surface area contributed by atoms with Gasteiger partial charge in [0.25, 0.3) is 5.91 Å². The second-order valence-corrected chi connectivity index (χ2v) is 5.87. The number of carbonyl (C=O) groups excluding carboxylic acids is 1. The normalized spacial score (nSPS) is 22.0. The number of ether oxygens (including phenoxy) is 1. The molecule has 0 bridgehead atoms. The highest BCUT2D eigenvalue weighted by molar-refractivity contribution is 5.83. The van der Waals surface area contributed by atoms with Crippen LogP contribution in [0.5, 0.6) is 5.75 Å². The lowest BCUT2D eigenvalue weighted by atomic mass is 9.99. The van der Waals surface area contributed by atoms with Crippen LogP contribution in [0.2, 0.25) is 0 Å². The number of hydrogen-bond acceptors (Lipinski definition) is 3. The summed E-state index contributed by atoms with van der Waals surface area (Å²) in [6.07, 6.45) is 1.10. The van der Waals surface area contributed by atoms with Gasteiger partial charge in [0.1, 0.15) is 5.75 Å². The fourth-order valence-corrected chi connectivity index (χ4v) is 3.17. The molecular weight excluding hydrogens is 276 g/mol. The van der Waals surface area contributed by atoms with Crippen LogP contribution in [0, 0.1) is 0 Å². The molecule has 2 aliphatic heterocycles. The Bertz CT molecular complexity index is 689. The number of benzene rings is 2. The van der Waals surface area contributed by atoms with Crippen LogP contribution in [-0.4, -0.2) is 24.6 Å². The van der Waals surface area contributed by atoms with Gasteiger partial charge in [-0.15, -0.1) is 0 Å². The highest BCUT2D eigenvalue weighted by atomic mass is 16.5. The standard InChI is InChI=1S/C18H18N2O2/c21-18(17-10-13-6-2-4-8-16(13)22-17)20-14-9-12-5-1-3-7-15(12)19-11-14/h1-8,14,17,19H,9-11H2,(H,20,21). The number of carbonyl (C=O) groups is 1. The summed E-state index contributed by atoms with van der Waals surface area (Å²) in [6.45, 7) is 0.752. The zero-order chi connectivity index (χ0) is 14.9. The van der Waals surface area contributed by atoms with E-state index in [2.05, 4.69) is 22.8 Å². The van der Waals surface area contributed by atoms with Gasteiger partial charge in [-0.1, -0.05) is 36.4 Å². The summed E-state index contributed by atoms with van der Waals surface area (Å²) < 4.78 is 5.75. The van der Waals surface area contributed by atoms with Gasteiger partial charge in [-0.05, 0) is 29.7 Å². The van der Waals surface area contributed by atoms with Crippen molar-refractivity contribution in [3.05, 3.63) is 59.7 Å². The van der Waals surface area contributed by atoms with E-state index in [-0.39, 0.29) is 11.9 Å². The lowest BCUT2D eigenvalue weighted by Crippen LogP contribution is -2.48. The van der Waals surface area contributed by atoms with Gasteiger partial charge in [0.05, 0.1) is 6.04 Å². The molecule has 2 aromatic carbocycles. The van der Waals surface area contributed by atoms with Gasteiger partial charge < -0.3 is 15.4 Å². The summed E-state index contributed by atoms with van der Waals surface area (Å²) in [4.78, 5) is 12.4. The maximum absolute atomic E-state index is 12.4. The SMILES string of the molecule is O=C(NC1CNc2ccccc2C1)C1Cc2ccccc2O1. The first kappa shape index (κ1) is 13.2. The molecule has 2 heterocycles. The van der Waals surface area contributed by atoms with E-state index < -0.39 is 6.10 Å². The van der Waals surface area contributed by atoms with Crippen molar-refractivity contribution in [2.45, 2.75) is 25.0 Å². The largest absolute Gasteiger partial charge is 0.480 e. The predicted molar refractivity (Wildman–Crippen MR) is 85.1 cm³/mol. The van der Waals surface area contributed by atoms with E-state index in [0.717, 1.165) is 30.0 Å². The van der Waals surface area contributed by atoms with Crippen molar-refractivity contribution < 1.29 is 9.53 Å². The number of fused-ring (bicyclic) bond motifs is 2. The number of amides is 1. The van der Waals surface area contributed by atoms with E-state index in [1.54, 1.807) is 0 Å². The number of nitrogens with one attached hydrogen (secondary N) is 2. The summed E-state index contributed by atoms with van der Waals surface area (Å²) in [5.41, 5.74) is 3.52.